The van der Waals surface area contributed by atoms with Crippen molar-refractivity contribution in [3.8, 4) is 11.5 Å². The lowest BCUT2D eigenvalue weighted by Gasteiger charge is -2.17. The summed E-state index contributed by atoms with van der Waals surface area (Å²) in [6, 6.07) is 17.1. The van der Waals surface area contributed by atoms with Crippen LogP contribution in [0, 0.1) is 5.92 Å². The van der Waals surface area contributed by atoms with E-state index < -0.39 is 6.09 Å². The minimum absolute atomic E-state index is 0.170. The van der Waals surface area contributed by atoms with Crippen molar-refractivity contribution in [3.05, 3.63) is 76.8 Å². The molecule has 5 rings (SSSR count). The number of methoxy groups -OCH3 is 1. The van der Waals surface area contributed by atoms with Crippen LogP contribution >= 0.6 is 11.3 Å². The van der Waals surface area contributed by atoms with Gasteiger partial charge in [-0.2, -0.15) is 0 Å². The van der Waals surface area contributed by atoms with Crippen LogP contribution in [0.1, 0.15) is 35.0 Å². The van der Waals surface area contributed by atoms with Gasteiger partial charge in [0.1, 0.15) is 23.8 Å². The number of fused-ring (bicyclic) bond motifs is 1. The van der Waals surface area contributed by atoms with Crippen LogP contribution in [-0.2, 0) is 24.5 Å². The highest BCUT2D eigenvalue weighted by Gasteiger charge is 2.26. The third-order valence-electron chi connectivity index (χ3n) is 7.14. The lowest BCUT2D eigenvalue weighted by molar-refractivity contribution is 0.101. The van der Waals surface area contributed by atoms with Gasteiger partial charge in [0.25, 0.3) is 5.91 Å². The first-order valence-electron chi connectivity index (χ1n) is 13.3. The molecule has 9 nitrogen and oxygen atoms in total. The van der Waals surface area contributed by atoms with E-state index in [1.807, 2.05) is 71.5 Å². The van der Waals surface area contributed by atoms with Crippen LogP contribution in [0.2, 0.25) is 0 Å². The number of hydrogen-bond acceptors (Lipinski definition) is 6. The topological polar surface area (TPSA) is 102 Å². The first kappa shape index (κ1) is 27.5. The summed E-state index contributed by atoms with van der Waals surface area (Å²) >= 11 is 1.62. The van der Waals surface area contributed by atoms with Crippen LogP contribution in [0.25, 0.3) is 10.2 Å². The van der Waals surface area contributed by atoms with Gasteiger partial charge in [0, 0.05) is 43.9 Å². The van der Waals surface area contributed by atoms with Crippen LogP contribution < -0.4 is 14.8 Å². The van der Waals surface area contributed by atoms with Crippen molar-refractivity contribution >= 4 is 39.2 Å². The predicted octanol–water partition coefficient (Wildman–Crippen LogP) is 6.08. The number of aromatic nitrogens is 1. The molecular formula is C30H33N3O6S. The highest BCUT2D eigenvalue weighted by atomic mass is 32.1. The van der Waals surface area contributed by atoms with E-state index in [0.29, 0.717) is 55.7 Å². The molecule has 3 heterocycles. The van der Waals surface area contributed by atoms with E-state index in [1.165, 1.54) is 4.90 Å². The van der Waals surface area contributed by atoms with Crippen molar-refractivity contribution in [1.82, 2.24) is 9.47 Å². The Bertz CT molecular complexity index is 1480. The number of ether oxygens (including phenoxy) is 3. The predicted molar refractivity (Wildman–Crippen MR) is 155 cm³/mol. The van der Waals surface area contributed by atoms with Crippen molar-refractivity contribution < 1.29 is 28.9 Å². The second-order valence-corrected chi connectivity index (χ2v) is 10.7. The monoisotopic (exact) mass is 563 g/mol. The first-order chi connectivity index (χ1) is 19.5. The number of hydrogen-bond donors (Lipinski definition) is 2. The summed E-state index contributed by atoms with van der Waals surface area (Å²) in [5.41, 5.74) is 4.14. The Morgan fingerprint density at radius 3 is 2.55 bits per heavy atom. The maximum atomic E-state index is 13.4. The zero-order chi connectivity index (χ0) is 28.1. The van der Waals surface area contributed by atoms with Gasteiger partial charge in [-0.15, -0.1) is 11.3 Å². The summed E-state index contributed by atoms with van der Waals surface area (Å²) in [4.78, 5) is 25.9. The molecule has 2 amide bonds. The Morgan fingerprint density at radius 2 is 1.85 bits per heavy atom. The number of anilines is 1. The Hall–Kier alpha value is -4.02. The molecule has 1 aliphatic heterocycles. The SMILES string of the molecule is CCn1c(C(=O)Nc2cccc(COC)c2COc2ccc(OC[C@@H]3CCN(C(=O)O)C3)cc2)cc2sccc21. The number of aryl methyl sites for hydroxylation is 1. The van der Waals surface area contributed by atoms with Gasteiger partial charge in [-0.05, 0) is 66.8 Å². The van der Waals surface area contributed by atoms with Gasteiger partial charge in [0.05, 0.1) is 23.4 Å². The normalized spacial score (nSPS) is 14.9. The minimum Gasteiger partial charge on any atom is -0.493 e. The molecule has 0 unspecified atom stereocenters. The summed E-state index contributed by atoms with van der Waals surface area (Å²) in [5, 5.41) is 14.3. The van der Waals surface area contributed by atoms with E-state index in [9.17, 15) is 9.59 Å². The first-order valence-corrected chi connectivity index (χ1v) is 14.2. The Kier molecular flexibility index (Phi) is 8.57. The number of thiophene rings is 1. The number of carbonyl (C=O) groups excluding carboxylic acids is 1. The highest BCUT2D eigenvalue weighted by molar-refractivity contribution is 7.17. The van der Waals surface area contributed by atoms with Gasteiger partial charge >= 0.3 is 6.09 Å². The zero-order valence-corrected chi connectivity index (χ0v) is 23.4. The van der Waals surface area contributed by atoms with Gasteiger partial charge in [0.2, 0.25) is 0 Å². The molecule has 2 aromatic carbocycles. The van der Waals surface area contributed by atoms with Crippen LogP contribution in [-0.4, -0.2) is 53.4 Å². The molecule has 1 atom stereocenters. The summed E-state index contributed by atoms with van der Waals surface area (Å²) in [6.45, 7) is 4.87. The number of nitrogens with one attached hydrogen (secondary N) is 1. The molecule has 0 aliphatic carbocycles. The second kappa shape index (κ2) is 12.4. The molecule has 2 aromatic heterocycles. The van der Waals surface area contributed by atoms with Gasteiger partial charge in [-0.3, -0.25) is 4.79 Å². The maximum absolute atomic E-state index is 13.4. The molecule has 210 valence electrons. The fourth-order valence-corrected chi connectivity index (χ4v) is 5.87. The van der Waals surface area contributed by atoms with E-state index >= 15 is 0 Å². The van der Waals surface area contributed by atoms with Crippen LogP contribution in [0.5, 0.6) is 11.5 Å². The maximum Gasteiger partial charge on any atom is 0.407 e. The molecule has 0 radical (unpaired) electrons. The molecule has 1 aliphatic rings. The van der Waals surface area contributed by atoms with Crippen molar-refractivity contribution in [2.45, 2.75) is 33.1 Å². The van der Waals surface area contributed by atoms with Crippen LogP contribution in [0.4, 0.5) is 10.5 Å². The standard InChI is InChI=1S/C30H33N3O6S/c1-3-33-26-12-14-40-28(26)15-27(33)29(34)31-25-6-4-5-21(18-37-2)24(25)19-39-23-9-7-22(8-10-23)38-17-20-11-13-32(16-20)30(35)36/h4-10,12,14-15,20H,3,11,13,16-19H2,1-2H3,(H,31,34)(H,35,36)/t20-/m1/s1. The Morgan fingerprint density at radius 1 is 1.07 bits per heavy atom. The third-order valence-corrected chi connectivity index (χ3v) is 7.99. The van der Waals surface area contributed by atoms with E-state index in [1.54, 1.807) is 18.4 Å². The van der Waals surface area contributed by atoms with Gasteiger partial charge < -0.3 is 34.1 Å². The highest BCUT2D eigenvalue weighted by Crippen LogP contribution is 2.28. The van der Waals surface area contributed by atoms with Crippen molar-refractivity contribution in [1.29, 1.82) is 0 Å². The zero-order valence-electron chi connectivity index (χ0n) is 22.6. The minimum atomic E-state index is -0.880. The number of carbonyl (C=O) groups is 2. The molecule has 4 aromatic rings. The molecule has 1 saturated heterocycles. The largest absolute Gasteiger partial charge is 0.493 e. The van der Waals surface area contributed by atoms with Gasteiger partial charge in [-0.1, -0.05) is 12.1 Å². The lowest BCUT2D eigenvalue weighted by Crippen LogP contribution is -2.27. The molecule has 10 heteroatoms. The smallest absolute Gasteiger partial charge is 0.407 e. The molecule has 0 saturated carbocycles. The number of benzene rings is 2. The van der Waals surface area contributed by atoms with E-state index in [-0.39, 0.29) is 18.4 Å². The summed E-state index contributed by atoms with van der Waals surface area (Å²) < 4.78 is 20.5. The molecule has 2 N–H and O–H groups in total. The fourth-order valence-electron chi connectivity index (χ4n) is 5.05. The van der Waals surface area contributed by atoms with Crippen molar-refractivity contribution in [2.24, 2.45) is 5.92 Å². The number of rotatable bonds is 11. The summed E-state index contributed by atoms with van der Waals surface area (Å²) in [7, 11) is 1.64. The molecule has 0 spiro atoms. The lowest BCUT2D eigenvalue weighted by atomic mass is 10.1. The number of nitrogens with zero attached hydrogens (tertiary/aromatic N) is 2. The fraction of sp³-hybridized carbons (Fsp3) is 0.333. The summed E-state index contributed by atoms with van der Waals surface area (Å²) in [5.74, 6) is 1.38. The van der Waals surface area contributed by atoms with Crippen LogP contribution in [0.3, 0.4) is 0 Å². The average molecular weight is 564 g/mol. The van der Waals surface area contributed by atoms with Gasteiger partial charge in [-0.25, -0.2) is 4.79 Å². The Balaban J connectivity index is 1.25. The molecule has 1 fully saturated rings. The molecule has 40 heavy (non-hydrogen) atoms. The molecular weight excluding hydrogens is 530 g/mol. The van der Waals surface area contributed by atoms with Gasteiger partial charge in [0.15, 0.2) is 0 Å². The quantitative estimate of drug-likeness (QED) is 0.229. The van der Waals surface area contributed by atoms with Crippen molar-refractivity contribution in [3.63, 3.8) is 0 Å². The number of amides is 2. The van der Waals surface area contributed by atoms with E-state index in [4.69, 9.17) is 19.3 Å². The Labute approximate surface area is 236 Å². The number of likely N-dealkylation sites (tertiary alicyclic amines) is 1. The van der Waals surface area contributed by atoms with Crippen LogP contribution in [0.15, 0.2) is 60.0 Å². The summed E-state index contributed by atoms with van der Waals surface area (Å²) in [6.07, 6.45) is -0.0789. The van der Waals surface area contributed by atoms with E-state index in [2.05, 4.69) is 5.32 Å². The average Bonchev–Trinajstić information content (AvgIpc) is 3.69. The van der Waals surface area contributed by atoms with Crippen molar-refractivity contribution in [2.75, 3.05) is 32.1 Å². The van der Waals surface area contributed by atoms with E-state index in [0.717, 1.165) is 27.8 Å². The molecule has 0 bridgehead atoms. The number of carboxylic acid groups (broad SMARTS) is 1. The third kappa shape index (κ3) is 6.08. The second-order valence-electron chi connectivity index (χ2n) is 9.73.